The van der Waals surface area contributed by atoms with Crippen molar-refractivity contribution in [3.05, 3.63) is 0 Å². The molecule has 0 spiro atoms. The third kappa shape index (κ3) is 3.46. The fourth-order valence-electron chi connectivity index (χ4n) is 0.722. The summed E-state index contributed by atoms with van der Waals surface area (Å²) in [4.78, 5) is 2.41. The van der Waals surface area contributed by atoms with Crippen molar-refractivity contribution in [2.24, 2.45) is 0 Å². The Hall–Kier alpha value is 0.455. The van der Waals surface area contributed by atoms with Crippen molar-refractivity contribution < 1.29 is 0 Å². The van der Waals surface area contributed by atoms with E-state index in [0.717, 1.165) is 0 Å². The van der Waals surface area contributed by atoms with Gasteiger partial charge in [-0.05, 0) is 19.5 Å². The van der Waals surface area contributed by atoms with Crippen LogP contribution in [0.3, 0.4) is 0 Å². The molecule has 0 aliphatic rings. The Morgan fingerprint density at radius 3 is 2.00 bits per heavy atom. The lowest BCUT2D eigenvalue weighted by Crippen LogP contribution is -2.25. The van der Waals surface area contributed by atoms with Gasteiger partial charge in [0.25, 0.3) is 0 Å². The molecular formula is C5H15BNP. The van der Waals surface area contributed by atoms with Gasteiger partial charge in [-0.2, -0.15) is 9.12 Å². The van der Waals surface area contributed by atoms with Gasteiger partial charge in [-0.3, -0.25) is 0 Å². The molecular weight excluding hydrogens is 116 g/mol. The molecule has 8 heavy (non-hydrogen) atoms. The van der Waals surface area contributed by atoms with Gasteiger partial charge >= 0.3 is 0 Å². The molecule has 0 bridgehead atoms. The van der Waals surface area contributed by atoms with E-state index in [2.05, 4.69) is 27.9 Å². The summed E-state index contributed by atoms with van der Waals surface area (Å²) in [7, 11) is 2.74. The lowest BCUT2D eigenvalue weighted by molar-refractivity contribution is 0.354. The quantitative estimate of drug-likeness (QED) is 0.397. The first-order valence-corrected chi connectivity index (χ1v) is 4.09. The summed E-state index contributed by atoms with van der Waals surface area (Å²) < 4.78 is 0. The van der Waals surface area contributed by atoms with Crippen molar-refractivity contribution in [1.29, 1.82) is 0 Å². The van der Waals surface area contributed by atoms with Crippen LogP contribution in [-0.4, -0.2) is 31.4 Å². The summed E-state index contributed by atoms with van der Waals surface area (Å²) >= 11 is 0. The molecule has 0 aliphatic heterocycles. The normalized spacial score (nSPS) is 10.0. The van der Waals surface area contributed by atoms with Gasteiger partial charge in [0.1, 0.15) is 0 Å². The van der Waals surface area contributed by atoms with Crippen molar-refractivity contribution in [2.75, 3.05) is 19.5 Å². The van der Waals surface area contributed by atoms with Crippen LogP contribution in [0, 0.1) is 0 Å². The zero-order valence-electron chi connectivity index (χ0n) is 5.85. The van der Waals surface area contributed by atoms with E-state index >= 15 is 0 Å². The third-order valence-electron chi connectivity index (χ3n) is 1.34. The Labute approximate surface area is 55.2 Å². The zero-order valence-corrected chi connectivity index (χ0v) is 7.01. The molecule has 1 atom stereocenters. The van der Waals surface area contributed by atoms with E-state index in [1.807, 2.05) is 0 Å². The molecule has 0 heterocycles. The highest BCUT2D eigenvalue weighted by atomic mass is 31.0. The van der Waals surface area contributed by atoms with E-state index < -0.39 is 0 Å². The van der Waals surface area contributed by atoms with Crippen molar-refractivity contribution >= 4 is 16.1 Å². The molecule has 3 heteroatoms. The SMILES string of the molecule is CCN(CC)CBP. The number of hydrogen-bond acceptors (Lipinski definition) is 1. The molecule has 0 aliphatic carbocycles. The molecule has 0 N–H and O–H groups in total. The van der Waals surface area contributed by atoms with Crippen LogP contribution in [-0.2, 0) is 0 Å². The van der Waals surface area contributed by atoms with Crippen LogP contribution in [0.4, 0.5) is 0 Å². The van der Waals surface area contributed by atoms with Crippen molar-refractivity contribution in [2.45, 2.75) is 13.8 Å². The maximum atomic E-state index is 2.74. The second kappa shape index (κ2) is 5.59. The highest BCUT2D eigenvalue weighted by Crippen LogP contribution is 1.86. The second-order valence-corrected chi connectivity index (χ2v) is 2.39. The third-order valence-corrected chi connectivity index (χ3v) is 1.60. The van der Waals surface area contributed by atoms with Crippen LogP contribution < -0.4 is 0 Å². The molecule has 1 unspecified atom stereocenters. The summed E-state index contributed by atoms with van der Waals surface area (Å²) in [6.07, 6.45) is 1.22. The molecule has 48 valence electrons. The van der Waals surface area contributed by atoms with Crippen LogP contribution >= 0.6 is 9.12 Å². The summed E-state index contributed by atoms with van der Waals surface area (Å²) in [6.45, 7) is 7.96. The predicted molar refractivity (Wildman–Crippen MR) is 44.6 cm³/mol. The summed E-state index contributed by atoms with van der Waals surface area (Å²) in [6, 6.07) is 0. The summed E-state index contributed by atoms with van der Waals surface area (Å²) in [5, 5.41) is 0. The van der Waals surface area contributed by atoms with Crippen LogP contribution in [0.5, 0.6) is 0 Å². The van der Waals surface area contributed by atoms with Gasteiger partial charge in [0.2, 0.25) is 0 Å². The van der Waals surface area contributed by atoms with Gasteiger partial charge in [0, 0.05) is 0 Å². The molecule has 0 aromatic carbocycles. The standard InChI is InChI=1S/C5H15BNP/c1-3-7(4-2)5-6-8/h6H,3-5,8H2,1-2H3. The highest BCUT2D eigenvalue weighted by Gasteiger charge is 1.94. The molecule has 0 fully saturated rings. The number of rotatable bonds is 4. The molecule has 0 aromatic rings. The number of nitrogens with zero attached hydrogens (tertiary/aromatic N) is 1. The van der Waals surface area contributed by atoms with Gasteiger partial charge in [0.15, 0.2) is 7.00 Å². The maximum Gasteiger partial charge on any atom is 0.161 e. The van der Waals surface area contributed by atoms with Crippen LogP contribution in [0.1, 0.15) is 13.8 Å². The Morgan fingerprint density at radius 2 is 1.88 bits per heavy atom. The van der Waals surface area contributed by atoms with E-state index in [4.69, 9.17) is 0 Å². The first-order valence-electron chi connectivity index (χ1n) is 3.27. The largest absolute Gasteiger partial charge is 0.311 e. The predicted octanol–water partition coefficient (Wildman–Crippen LogP) is 0.512. The Balaban J connectivity index is 3.07. The summed E-state index contributed by atoms with van der Waals surface area (Å²) in [5.41, 5.74) is 0. The Bertz CT molecular complexity index is 47.7. The average molecular weight is 131 g/mol. The van der Waals surface area contributed by atoms with Gasteiger partial charge in [-0.1, -0.05) is 13.8 Å². The second-order valence-electron chi connectivity index (χ2n) is 1.82. The monoisotopic (exact) mass is 131 g/mol. The topological polar surface area (TPSA) is 3.24 Å². The molecule has 1 nitrogen and oxygen atoms in total. The fraction of sp³-hybridized carbons (Fsp3) is 1.00. The molecule has 0 saturated carbocycles. The first-order chi connectivity index (χ1) is 3.85. The van der Waals surface area contributed by atoms with E-state index in [1.54, 1.807) is 0 Å². The fourth-order valence-corrected chi connectivity index (χ4v) is 1.09. The maximum absolute atomic E-state index is 2.74. The highest BCUT2D eigenvalue weighted by molar-refractivity contribution is 7.55. The average Bonchev–Trinajstić information content (AvgIpc) is 1.83. The minimum absolute atomic E-state index is 1.19. The van der Waals surface area contributed by atoms with Crippen molar-refractivity contribution in [1.82, 2.24) is 4.90 Å². The Morgan fingerprint density at radius 1 is 1.38 bits per heavy atom. The smallest absolute Gasteiger partial charge is 0.161 e. The first kappa shape index (κ1) is 8.45. The van der Waals surface area contributed by atoms with E-state index in [9.17, 15) is 0 Å². The Kier molecular flexibility index (Phi) is 5.91. The molecule has 0 aromatic heterocycles. The van der Waals surface area contributed by atoms with Gasteiger partial charge in [-0.25, -0.2) is 0 Å². The van der Waals surface area contributed by atoms with Crippen LogP contribution in [0.25, 0.3) is 0 Å². The van der Waals surface area contributed by atoms with Gasteiger partial charge in [-0.15, -0.1) is 0 Å². The minimum atomic E-state index is 1.19. The van der Waals surface area contributed by atoms with E-state index in [0.29, 0.717) is 0 Å². The van der Waals surface area contributed by atoms with Gasteiger partial charge < -0.3 is 4.90 Å². The molecule has 0 radical (unpaired) electrons. The van der Waals surface area contributed by atoms with Crippen molar-refractivity contribution in [3.63, 3.8) is 0 Å². The lowest BCUT2D eigenvalue weighted by atomic mass is 10.1. The van der Waals surface area contributed by atoms with E-state index in [1.165, 1.54) is 26.5 Å². The summed E-state index contributed by atoms with van der Waals surface area (Å²) in [5.74, 6) is 0. The lowest BCUT2D eigenvalue weighted by Gasteiger charge is -2.15. The molecule has 0 amide bonds. The van der Waals surface area contributed by atoms with Crippen LogP contribution in [0.15, 0.2) is 0 Å². The molecule has 0 rings (SSSR count). The molecule has 0 saturated heterocycles. The van der Waals surface area contributed by atoms with E-state index in [-0.39, 0.29) is 0 Å². The number of hydrogen-bond donors (Lipinski definition) is 0. The minimum Gasteiger partial charge on any atom is -0.311 e. The van der Waals surface area contributed by atoms with Crippen LogP contribution in [0.2, 0.25) is 0 Å². The van der Waals surface area contributed by atoms with Gasteiger partial charge in [0.05, 0.1) is 0 Å². The van der Waals surface area contributed by atoms with Crippen molar-refractivity contribution in [3.8, 4) is 0 Å². The zero-order chi connectivity index (χ0) is 6.41.